The van der Waals surface area contributed by atoms with Crippen molar-refractivity contribution >= 4 is 63.7 Å². The first-order valence-corrected chi connectivity index (χ1v) is 11.1. The molecule has 1 nitrogen and oxygen atoms in total. The van der Waals surface area contributed by atoms with E-state index in [1.807, 2.05) is 22.7 Å². The summed E-state index contributed by atoms with van der Waals surface area (Å²) in [7, 11) is 2.17. The van der Waals surface area contributed by atoms with Crippen molar-refractivity contribution in [3.63, 3.8) is 0 Å². The molecule has 3 aromatic carbocycles. The van der Waals surface area contributed by atoms with Crippen molar-refractivity contribution in [2.45, 2.75) is 6.92 Å². The van der Waals surface area contributed by atoms with Crippen molar-refractivity contribution < 1.29 is 4.57 Å². The molecular weight excluding hydrogens is 378 g/mol. The van der Waals surface area contributed by atoms with Crippen LogP contribution in [0.15, 0.2) is 72.9 Å². The number of benzene rings is 3. The van der Waals surface area contributed by atoms with Gasteiger partial charge in [0.1, 0.15) is 7.05 Å². The maximum absolute atomic E-state index is 2.39. The van der Waals surface area contributed by atoms with E-state index in [9.17, 15) is 0 Å². The van der Waals surface area contributed by atoms with Crippen molar-refractivity contribution in [2.24, 2.45) is 7.05 Å². The maximum atomic E-state index is 2.39. The minimum Gasteiger partial charge on any atom is -0.200 e. The highest BCUT2D eigenvalue weighted by atomic mass is 32.1. The fourth-order valence-corrected chi connectivity index (χ4v) is 6.69. The smallest absolute Gasteiger partial charge is 0.200 e. The van der Waals surface area contributed by atoms with Gasteiger partial charge in [0, 0.05) is 36.5 Å². The van der Waals surface area contributed by atoms with Gasteiger partial charge in [0.25, 0.3) is 0 Å². The molecule has 0 saturated carbocycles. The molecular formula is C25H18NS2+. The van der Waals surface area contributed by atoms with Crippen molar-refractivity contribution in [1.29, 1.82) is 0 Å². The summed E-state index contributed by atoms with van der Waals surface area (Å²) in [5.41, 5.74) is 2.65. The lowest BCUT2D eigenvalue weighted by Crippen LogP contribution is -2.30. The van der Waals surface area contributed by atoms with E-state index in [2.05, 4.69) is 91.5 Å². The molecule has 0 saturated heterocycles. The molecule has 3 aromatic heterocycles. The summed E-state index contributed by atoms with van der Waals surface area (Å²) in [5, 5.41) is 6.73. The number of aryl methyl sites for hydroxylation is 2. The predicted molar refractivity (Wildman–Crippen MR) is 124 cm³/mol. The number of hydrogen-bond acceptors (Lipinski definition) is 2. The van der Waals surface area contributed by atoms with Gasteiger partial charge in [0.05, 0.1) is 10.3 Å². The van der Waals surface area contributed by atoms with Gasteiger partial charge in [-0.1, -0.05) is 54.6 Å². The van der Waals surface area contributed by atoms with E-state index in [0.29, 0.717) is 0 Å². The molecule has 6 aromatic rings. The summed E-state index contributed by atoms with van der Waals surface area (Å²) < 4.78 is 6.38. The molecule has 0 atom stereocenters. The first-order chi connectivity index (χ1) is 13.7. The van der Waals surface area contributed by atoms with Crippen molar-refractivity contribution in [3.05, 3.63) is 77.8 Å². The van der Waals surface area contributed by atoms with Gasteiger partial charge in [-0.2, -0.15) is 4.57 Å². The zero-order valence-corrected chi connectivity index (χ0v) is 17.3. The van der Waals surface area contributed by atoms with Gasteiger partial charge in [-0.15, -0.1) is 22.7 Å². The molecule has 0 bridgehead atoms. The molecule has 0 aliphatic carbocycles. The summed E-state index contributed by atoms with van der Waals surface area (Å²) in [4.78, 5) is 1.38. The van der Waals surface area contributed by atoms with Crippen LogP contribution in [-0.4, -0.2) is 0 Å². The monoisotopic (exact) mass is 396 g/mol. The Morgan fingerprint density at radius 2 is 1.50 bits per heavy atom. The van der Waals surface area contributed by atoms with Crippen LogP contribution in [-0.2, 0) is 7.05 Å². The average Bonchev–Trinajstić information content (AvgIpc) is 3.23. The van der Waals surface area contributed by atoms with E-state index in [1.54, 1.807) is 0 Å². The second-order valence-corrected chi connectivity index (χ2v) is 9.65. The molecule has 0 aliphatic rings. The second-order valence-electron chi connectivity index (χ2n) is 7.34. The lowest BCUT2D eigenvalue weighted by atomic mass is 10.0. The lowest BCUT2D eigenvalue weighted by molar-refractivity contribution is -0.658. The minimum atomic E-state index is 1.29. The molecule has 3 heterocycles. The predicted octanol–water partition coefficient (Wildman–Crippen LogP) is 7.22. The third kappa shape index (κ3) is 2.20. The van der Waals surface area contributed by atoms with Crippen molar-refractivity contribution in [1.82, 2.24) is 0 Å². The molecule has 134 valence electrons. The van der Waals surface area contributed by atoms with Crippen LogP contribution in [0.3, 0.4) is 0 Å². The number of aromatic nitrogens is 1. The zero-order chi connectivity index (χ0) is 18.8. The Labute approximate surface area is 171 Å². The molecule has 0 radical (unpaired) electrons. The number of rotatable bonds is 1. The van der Waals surface area contributed by atoms with Crippen molar-refractivity contribution in [2.75, 3.05) is 0 Å². The highest BCUT2D eigenvalue weighted by Gasteiger charge is 2.21. The maximum Gasteiger partial charge on any atom is 0.214 e. The Morgan fingerprint density at radius 3 is 2.39 bits per heavy atom. The highest BCUT2D eigenvalue weighted by Crippen LogP contribution is 2.41. The zero-order valence-electron chi connectivity index (χ0n) is 15.7. The first kappa shape index (κ1) is 16.2. The van der Waals surface area contributed by atoms with Crippen LogP contribution in [0.1, 0.15) is 4.88 Å². The Balaban J connectivity index is 1.72. The standard InChI is InChI=1S/C25H18NS2/c1-15-24(19-9-5-6-10-22(19)27-15)21-13-20-18-12-11-16-7-3-4-8-17(16)25(18)28-23(20)14-26(21)2/h3-14H,1-2H3/q+1. The number of pyridine rings is 1. The van der Waals surface area contributed by atoms with Gasteiger partial charge in [0.15, 0.2) is 6.20 Å². The highest BCUT2D eigenvalue weighted by molar-refractivity contribution is 7.26. The summed E-state index contributed by atoms with van der Waals surface area (Å²) in [6.45, 7) is 2.24. The molecule has 0 aliphatic heterocycles. The average molecular weight is 397 g/mol. The largest absolute Gasteiger partial charge is 0.214 e. The van der Waals surface area contributed by atoms with Crippen LogP contribution in [0.5, 0.6) is 0 Å². The summed E-state index contributed by atoms with van der Waals surface area (Å²) in [6, 6.07) is 24.4. The fraction of sp³-hybridized carbons (Fsp3) is 0.0800. The van der Waals surface area contributed by atoms with E-state index in [-0.39, 0.29) is 0 Å². The van der Waals surface area contributed by atoms with E-state index in [4.69, 9.17) is 0 Å². The molecule has 0 amide bonds. The van der Waals surface area contributed by atoms with Crippen LogP contribution in [0.2, 0.25) is 0 Å². The third-order valence-corrected chi connectivity index (χ3v) is 7.92. The number of nitrogens with zero attached hydrogens (tertiary/aromatic N) is 1. The van der Waals surface area contributed by atoms with E-state index >= 15 is 0 Å². The van der Waals surface area contributed by atoms with Gasteiger partial charge in [-0.3, -0.25) is 0 Å². The van der Waals surface area contributed by atoms with E-state index in [1.165, 1.54) is 57.2 Å². The normalized spacial score (nSPS) is 11.9. The molecule has 0 N–H and O–H groups in total. The molecule has 0 fully saturated rings. The number of hydrogen-bond donors (Lipinski definition) is 0. The van der Waals surface area contributed by atoms with Gasteiger partial charge < -0.3 is 0 Å². The first-order valence-electron chi connectivity index (χ1n) is 9.43. The van der Waals surface area contributed by atoms with E-state index < -0.39 is 0 Å². The van der Waals surface area contributed by atoms with Gasteiger partial charge in [-0.25, -0.2) is 0 Å². The number of fused-ring (bicyclic) bond motifs is 6. The quantitative estimate of drug-likeness (QED) is 0.258. The summed E-state index contributed by atoms with van der Waals surface area (Å²) in [6.07, 6.45) is 2.30. The SMILES string of the molecule is Cc1sc2ccccc2c1-c1cc2c(c[n+]1C)sc1c3ccccc3ccc21. The Kier molecular flexibility index (Phi) is 3.40. The van der Waals surface area contributed by atoms with Gasteiger partial charge in [0.2, 0.25) is 5.69 Å². The van der Waals surface area contributed by atoms with Crippen molar-refractivity contribution in [3.8, 4) is 11.3 Å². The van der Waals surface area contributed by atoms with Crippen LogP contribution in [0.4, 0.5) is 0 Å². The molecule has 28 heavy (non-hydrogen) atoms. The topological polar surface area (TPSA) is 3.88 Å². The van der Waals surface area contributed by atoms with Crippen LogP contribution in [0.25, 0.3) is 52.3 Å². The summed E-state index contributed by atoms with van der Waals surface area (Å²) >= 11 is 3.79. The van der Waals surface area contributed by atoms with Crippen LogP contribution < -0.4 is 4.57 Å². The molecule has 0 unspecified atom stereocenters. The lowest BCUT2D eigenvalue weighted by Gasteiger charge is -2.02. The Hall–Kier alpha value is -2.75. The van der Waals surface area contributed by atoms with Crippen LogP contribution in [0, 0.1) is 6.92 Å². The Morgan fingerprint density at radius 1 is 0.714 bits per heavy atom. The van der Waals surface area contributed by atoms with Gasteiger partial charge >= 0.3 is 0 Å². The second kappa shape index (κ2) is 5.87. The minimum absolute atomic E-state index is 1.29. The number of thiophene rings is 2. The Bertz CT molecular complexity index is 1530. The fourth-order valence-electron chi connectivity index (χ4n) is 4.33. The molecule has 3 heteroatoms. The van der Waals surface area contributed by atoms with Gasteiger partial charge in [-0.05, 0) is 23.8 Å². The van der Waals surface area contributed by atoms with Crippen LogP contribution >= 0.6 is 22.7 Å². The molecule has 0 spiro atoms. The third-order valence-electron chi connectivity index (χ3n) is 5.65. The summed E-state index contributed by atoms with van der Waals surface area (Å²) in [5.74, 6) is 0. The van der Waals surface area contributed by atoms with E-state index in [0.717, 1.165) is 0 Å². The molecule has 6 rings (SSSR count).